The number of carbonyl (C=O) groups is 1. The Morgan fingerprint density at radius 2 is 1.68 bits per heavy atom. The number of rotatable bonds is 2. The van der Waals surface area contributed by atoms with Gasteiger partial charge in [-0.15, -0.1) is 10.2 Å². The fraction of sp³-hybridized carbons (Fsp3) is 0.812. The van der Waals surface area contributed by atoms with Gasteiger partial charge < -0.3 is 5.73 Å². The Bertz CT molecular complexity index is 1170. The Morgan fingerprint density at radius 3 is 1.82 bits per heavy atom. The summed E-state index contributed by atoms with van der Waals surface area (Å²) in [4.78, 5) is 23.9. The van der Waals surface area contributed by atoms with Gasteiger partial charge in [0.2, 0.25) is 5.13 Å². The van der Waals surface area contributed by atoms with E-state index in [0.717, 1.165) is 17.2 Å². The molecule has 1 aromatic heterocycles. The Hall–Kier alpha value is -0.451. The van der Waals surface area contributed by atoms with Crippen LogP contribution in [-0.2, 0) is 17.7 Å². The zero-order valence-corrected chi connectivity index (χ0v) is 14.5. The summed E-state index contributed by atoms with van der Waals surface area (Å²) >= 11 is 1.44. The third-order valence-electron chi connectivity index (χ3n) is 16.0. The van der Waals surface area contributed by atoms with Crippen LogP contribution in [0.3, 0.4) is 0 Å². The molecule has 6 heteroatoms. The van der Waals surface area contributed by atoms with Crippen LogP contribution in [0.15, 0.2) is 0 Å². The number of fused-ring (bicyclic) bond motifs is 10. The fourth-order valence-corrected chi connectivity index (χ4v) is 92.6. The molecular formula is C16H19FeN3OS. The van der Waals surface area contributed by atoms with E-state index in [1.807, 2.05) is 13.8 Å². The first-order valence-corrected chi connectivity index (χ1v) is 15.7. The average molecular weight is 357 g/mol. The van der Waals surface area contributed by atoms with Crippen molar-refractivity contribution in [3.8, 4) is 0 Å². The topological polar surface area (TPSA) is 68.9 Å². The van der Waals surface area contributed by atoms with E-state index in [4.69, 9.17) is 5.73 Å². The van der Waals surface area contributed by atoms with Gasteiger partial charge in [0.15, 0.2) is 0 Å². The van der Waals surface area contributed by atoms with E-state index in [2.05, 4.69) is 10.2 Å². The number of aryl methyl sites for hydroxylation is 1. The van der Waals surface area contributed by atoms with Gasteiger partial charge in [0, 0.05) is 0 Å². The van der Waals surface area contributed by atoms with Crippen molar-refractivity contribution in [3.63, 3.8) is 0 Å². The van der Waals surface area contributed by atoms with Gasteiger partial charge in [0.25, 0.3) is 0 Å². The minimum atomic E-state index is -2.94. The molecular weight excluding hydrogens is 338 g/mol. The molecule has 10 fully saturated rings. The van der Waals surface area contributed by atoms with Crippen molar-refractivity contribution in [2.24, 2.45) is 0 Å². The molecule has 22 heavy (non-hydrogen) atoms. The molecule has 0 aliphatic carbocycles. The van der Waals surface area contributed by atoms with Crippen molar-refractivity contribution < 1.29 is 11.3 Å². The number of nitrogens with zero attached hydrogens (tertiary/aromatic N) is 2. The quantitative estimate of drug-likeness (QED) is 0.812. The van der Waals surface area contributed by atoms with Crippen molar-refractivity contribution >= 4 is 22.3 Å². The van der Waals surface area contributed by atoms with E-state index in [1.54, 1.807) is 0 Å². The van der Waals surface area contributed by atoms with Gasteiger partial charge in [-0.3, -0.25) is 0 Å². The Kier molecular flexibility index (Phi) is 0.425. The van der Waals surface area contributed by atoms with E-state index < -0.39 is 6.51 Å². The summed E-state index contributed by atoms with van der Waals surface area (Å²) < 4.78 is 0.555. The second-order valence-electron chi connectivity index (χ2n) is 11.6. The number of aromatic nitrogens is 2. The molecule has 10 saturated heterocycles. The van der Waals surface area contributed by atoms with Gasteiger partial charge in [-0.25, -0.2) is 0 Å². The van der Waals surface area contributed by atoms with Gasteiger partial charge in [-0.2, -0.15) is 0 Å². The molecule has 118 valence electrons. The van der Waals surface area contributed by atoms with Gasteiger partial charge >= 0.3 is 71.7 Å². The molecule has 4 atom stereocenters. The predicted molar refractivity (Wildman–Crippen MR) is 80.8 cm³/mol. The summed E-state index contributed by atoms with van der Waals surface area (Å²) in [6.45, 7) is 1.08. The van der Waals surface area contributed by atoms with E-state index >= 15 is 0 Å². The molecule has 4 nitrogen and oxygen atoms in total. The van der Waals surface area contributed by atoms with Gasteiger partial charge in [-0.1, -0.05) is 18.3 Å². The SMILES string of the molecule is CC(=O)[C]12[CH]3[CH]4[CH]5[CH]1[Fe]45321678[CH]2[CH]1[CH]6[CH]7[CH]28.CCc1nnc(N)s1. The molecule has 10 aliphatic heterocycles. The van der Waals surface area contributed by atoms with E-state index in [9.17, 15) is 4.79 Å². The summed E-state index contributed by atoms with van der Waals surface area (Å²) in [6.07, 6.45) is 0.925. The maximum absolute atomic E-state index is 12.2. The number of carbonyl (C=O) groups excluding carboxylic acids is 1. The summed E-state index contributed by atoms with van der Waals surface area (Å²) in [5.74, 6) is 0.726. The number of hydrogen-bond acceptors (Lipinski definition) is 5. The molecule has 4 unspecified atom stereocenters. The van der Waals surface area contributed by atoms with Crippen molar-refractivity contribution in [2.75, 3.05) is 5.73 Å². The van der Waals surface area contributed by atoms with Crippen LogP contribution in [-0.4, -0.2) is 16.0 Å². The predicted octanol–water partition coefficient (Wildman–Crippen LogP) is 4.02. The zero-order chi connectivity index (χ0) is 14.6. The van der Waals surface area contributed by atoms with Crippen molar-refractivity contribution in [3.05, 3.63) is 5.01 Å². The maximum Gasteiger partial charge on any atom is 0.203 e. The normalized spacial score (nSPS) is 93.8. The molecule has 2 N–H and O–H groups in total. The Balaban J connectivity index is 0.0000000971. The molecule has 11 heterocycles. The summed E-state index contributed by atoms with van der Waals surface area (Å²) in [5.41, 5.74) is 5.30. The van der Waals surface area contributed by atoms with Crippen LogP contribution in [0.5, 0.6) is 0 Å². The second-order valence-corrected chi connectivity index (χ2v) is 36.3. The number of ketones is 1. The molecule has 0 bridgehead atoms. The van der Waals surface area contributed by atoms with Crippen LogP contribution in [0.2, 0.25) is 47.7 Å². The first-order valence-electron chi connectivity index (χ1n) is 8.62. The summed E-state index contributed by atoms with van der Waals surface area (Å²) in [6, 6.07) is 0. The van der Waals surface area contributed by atoms with Crippen LogP contribution in [0.4, 0.5) is 5.13 Å². The van der Waals surface area contributed by atoms with Crippen molar-refractivity contribution in [2.45, 2.75) is 67.9 Å². The zero-order valence-electron chi connectivity index (χ0n) is 12.5. The number of nitrogen functional groups attached to an aromatic ring is 1. The van der Waals surface area contributed by atoms with Crippen molar-refractivity contribution in [1.82, 2.24) is 10.2 Å². The largest absolute Gasteiger partial charge is 0.374 e. The third-order valence-corrected chi connectivity index (χ3v) is 59.3. The minimum absolute atomic E-state index is 0.555. The molecule has 0 saturated carbocycles. The van der Waals surface area contributed by atoms with Crippen LogP contribution < -0.4 is 5.73 Å². The monoisotopic (exact) mass is 357 g/mol. The molecule has 10 aliphatic rings. The molecule has 0 amide bonds. The van der Waals surface area contributed by atoms with Crippen molar-refractivity contribution in [1.29, 1.82) is 0 Å². The fourth-order valence-electron chi connectivity index (χ4n) is 17.6. The number of Topliss-reactive ketones (excluding diaryl/α,β-unsaturated/α-hetero) is 1. The Labute approximate surface area is 122 Å². The minimum Gasteiger partial charge on any atom is -0.374 e. The van der Waals surface area contributed by atoms with Crippen LogP contribution in [0.25, 0.3) is 0 Å². The van der Waals surface area contributed by atoms with E-state index in [1.165, 1.54) is 54.7 Å². The van der Waals surface area contributed by atoms with Crippen LogP contribution in [0, 0.1) is 0 Å². The molecule has 11 rings (SSSR count). The Morgan fingerprint density at radius 1 is 1.14 bits per heavy atom. The summed E-state index contributed by atoms with van der Waals surface area (Å²) in [5, 5.41) is 8.97. The number of hydrogen-bond donors (Lipinski definition) is 1. The number of nitrogens with two attached hydrogens (primary N) is 1. The maximum atomic E-state index is 12.2. The van der Waals surface area contributed by atoms with Crippen LogP contribution >= 0.6 is 11.3 Å². The third kappa shape index (κ3) is 0.128. The van der Waals surface area contributed by atoms with E-state index in [0.29, 0.717) is 9.44 Å². The first-order chi connectivity index (χ1) is 10.3. The first kappa shape index (κ1) is 9.75. The molecule has 1 spiro atoms. The van der Waals surface area contributed by atoms with Gasteiger partial charge in [-0.05, 0) is 6.42 Å². The smallest absolute Gasteiger partial charge is 0.203 e. The molecule has 0 radical (unpaired) electrons. The standard InChI is InChI=1S/C7H7O.C5H5.C4H7N3S.Fe/c1-6(8)7-4-2-3-5-7;1-2-4-5-3-1;1-2-3-6-7-4(5)8-3;/h2-5H,1H3;1-5H;2H2,1H3,(H2,5,7);. The summed E-state index contributed by atoms with van der Waals surface area (Å²) in [7, 11) is 0. The van der Waals surface area contributed by atoms with Gasteiger partial charge in [0.1, 0.15) is 5.01 Å². The van der Waals surface area contributed by atoms with E-state index in [-0.39, 0.29) is 0 Å². The van der Waals surface area contributed by atoms with Crippen LogP contribution in [0.1, 0.15) is 18.9 Å². The molecule has 1 aromatic rings. The number of anilines is 1. The average Bonchev–Trinajstić information content (AvgIpc) is 3.39. The second kappa shape index (κ2) is 0.958. The molecule has 0 aromatic carbocycles. The van der Waals surface area contributed by atoms with Gasteiger partial charge in [0.05, 0.1) is 0 Å².